The fourth-order valence-electron chi connectivity index (χ4n) is 2.68. The first-order valence-electron chi connectivity index (χ1n) is 9.16. The van der Waals surface area contributed by atoms with Crippen LogP contribution in [0.4, 0.5) is 5.69 Å². The van der Waals surface area contributed by atoms with E-state index < -0.39 is 40.4 Å². The van der Waals surface area contributed by atoms with Gasteiger partial charge in [0.05, 0.1) is 28.1 Å². The summed E-state index contributed by atoms with van der Waals surface area (Å²) in [4.78, 5) is 48.5. The lowest BCUT2D eigenvalue weighted by molar-refractivity contribution is -0.387. The van der Waals surface area contributed by atoms with E-state index in [2.05, 4.69) is 19.9 Å². The van der Waals surface area contributed by atoms with Gasteiger partial charge >= 0.3 is 29.4 Å². The summed E-state index contributed by atoms with van der Waals surface area (Å²) in [7, 11) is 0. The number of aliphatic carboxylic acids is 1. The average molecular weight is 486 g/mol. The van der Waals surface area contributed by atoms with Crippen molar-refractivity contribution in [2.24, 2.45) is 0 Å². The maximum Gasteiger partial charge on any atom is 0.392 e. The number of nitrogens with zero attached hydrogens (tertiary/aromatic N) is 5. The molecule has 3 rings (SSSR count). The molecule has 1 aromatic carbocycles. The van der Waals surface area contributed by atoms with E-state index in [-0.39, 0.29) is 28.5 Å². The molecule has 0 spiro atoms. The number of carboxylic acid groups (broad SMARTS) is 2. The van der Waals surface area contributed by atoms with Gasteiger partial charge in [-0.15, -0.1) is 0 Å². The number of thioether (sulfide) groups is 1. The van der Waals surface area contributed by atoms with Gasteiger partial charge in [-0.2, -0.15) is 15.2 Å². The number of aromatic nitrogens is 4. The molecule has 0 aliphatic heterocycles. The van der Waals surface area contributed by atoms with E-state index in [1.54, 1.807) is 12.3 Å². The molecule has 0 amide bonds. The molecule has 34 heavy (non-hydrogen) atoms. The minimum Gasteiger partial charge on any atom is -0.478 e. The highest BCUT2D eigenvalue weighted by Gasteiger charge is 2.33. The second-order valence-electron chi connectivity index (χ2n) is 6.36. The molecule has 2 aromatic heterocycles. The van der Waals surface area contributed by atoms with Crippen LogP contribution >= 0.6 is 11.8 Å². The molecule has 2 heterocycles. The van der Waals surface area contributed by atoms with E-state index in [9.17, 15) is 29.9 Å². The summed E-state index contributed by atoms with van der Waals surface area (Å²) in [5.74, 6) is -4.25. The van der Waals surface area contributed by atoms with Crippen molar-refractivity contribution in [2.45, 2.75) is 17.7 Å². The Morgan fingerprint density at radius 2 is 2.06 bits per heavy atom. The maximum atomic E-state index is 11.8. The first kappa shape index (κ1) is 23.9. The van der Waals surface area contributed by atoms with E-state index in [1.165, 1.54) is 24.7 Å². The fraction of sp³-hybridized carbons (Fsp3) is 0.158. The lowest BCUT2D eigenvalue weighted by Crippen LogP contribution is -2.30. The molecule has 0 fully saturated rings. The minimum absolute atomic E-state index is 0.0355. The Balaban J connectivity index is 2.05. The zero-order chi connectivity index (χ0) is 24.8. The molecule has 14 nitrogen and oxygen atoms in total. The van der Waals surface area contributed by atoms with E-state index in [0.29, 0.717) is 5.69 Å². The summed E-state index contributed by atoms with van der Waals surface area (Å²) in [5.41, 5.74) is -1.06. The van der Waals surface area contributed by atoms with Crippen LogP contribution in [0.25, 0.3) is 0 Å². The second-order valence-corrected chi connectivity index (χ2v) is 7.14. The smallest absolute Gasteiger partial charge is 0.392 e. The highest BCUT2D eigenvalue weighted by atomic mass is 32.2. The monoisotopic (exact) mass is 486 g/mol. The summed E-state index contributed by atoms with van der Waals surface area (Å²) in [5, 5.41) is 39.7. The van der Waals surface area contributed by atoms with E-state index in [0.717, 1.165) is 17.8 Å². The molecule has 15 heteroatoms. The van der Waals surface area contributed by atoms with Crippen molar-refractivity contribution in [3.05, 3.63) is 57.7 Å². The third-order valence-electron chi connectivity index (χ3n) is 4.20. The van der Waals surface area contributed by atoms with Gasteiger partial charge in [0, 0.05) is 12.6 Å². The summed E-state index contributed by atoms with van der Waals surface area (Å²) in [6.07, 6.45) is 2.55. The van der Waals surface area contributed by atoms with Crippen molar-refractivity contribution in [1.82, 2.24) is 19.9 Å². The minimum atomic E-state index is -1.58. The maximum absolute atomic E-state index is 11.8. The Labute approximate surface area is 194 Å². The molecule has 0 bridgehead atoms. The predicted molar refractivity (Wildman–Crippen MR) is 113 cm³/mol. The average Bonchev–Trinajstić information content (AvgIpc) is 3.31. The van der Waals surface area contributed by atoms with Crippen LogP contribution in [0.1, 0.15) is 21.6 Å². The third-order valence-corrected chi connectivity index (χ3v) is 4.75. The molecule has 0 aliphatic carbocycles. The first-order chi connectivity index (χ1) is 16.2. The largest absolute Gasteiger partial charge is 0.478 e. The molecule has 1 unspecified atom stereocenters. The normalized spacial score (nSPS) is 11.3. The molecule has 174 valence electrons. The summed E-state index contributed by atoms with van der Waals surface area (Å²) in [6.45, 7) is 0. The Kier molecular flexibility index (Phi) is 7.23. The molecule has 1 atom stereocenters. The van der Waals surface area contributed by atoms with Gasteiger partial charge in [-0.3, -0.25) is 10.1 Å². The Morgan fingerprint density at radius 3 is 2.62 bits per heavy atom. The topological polar surface area (TPSA) is 214 Å². The molecule has 0 radical (unpaired) electrons. The SMILES string of the molecule is CSc1nc(Oc2ccc(C#N)c(C(=O)O)c2)c([N+](=O)[O-])c(OC(Cc2c[nH]cn2)C(=O)O)n1. The summed E-state index contributed by atoms with van der Waals surface area (Å²) in [6, 6.07) is 5.12. The number of benzene rings is 1. The Morgan fingerprint density at radius 1 is 1.32 bits per heavy atom. The van der Waals surface area contributed by atoms with Crippen molar-refractivity contribution >= 4 is 29.4 Å². The quantitative estimate of drug-likeness (QED) is 0.162. The Bertz CT molecular complexity index is 1290. The van der Waals surface area contributed by atoms with Gasteiger partial charge in [0.25, 0.3) is 0 Å². The number of aromatic carboxylic acids is 1. The number of hydrogen-bond donors (Lipinski definition) is 3. The van der Waals surface area contributed by atoms with Crippen LogP contribution in [0.5, 0.6) is 17.5 Å². The number of nitrogens with one attached hydrogen (secondary N) is 1. The number of carbonyl (C=O) groups is 2. The number of H-pyrrole nitrogens is 1. The zero-order valence-electron chi connectivity index (χ0n) is 17.2. The van der Waals surface area contributed by atoms with Gasteiger partial charge < -0.3 is 24.7 Å². The molecular weight excluding hydrogens is 472 g/mol. The van der Waals surface area contributed by atoms with Crippen molar-refractivity contribution in [3.63, 3.8) is 0 Å². The van der Waals surface area contributed by atoms with Crippen molar-refractivity contribution in [1.29, 1.82) is 5.26 Å². The molecule has 3 N–H and O–H groups in total. The number of nitriles is 1. The molecular formula is C19H14N6O8S. The van der Waals surface area contributed by atoms with Crippen LogP contribution in [0.15, 0.2) is 35.9 Å². The second kappa shape index (κ2) is 10.3. The highest BCUT2D eigenvalue weighted by molar-refractivity contribution is 7.98. The Hall–Kier alpha value is -4.71. The van der Waals surface area contributed by atoms with Gasteiger partial charge in [-0.1, -0.05) is 11.8 Å². The summed E-state index contributed by atoms with van der Waals surface area (Å²) >= 11 is 0.976. The summed E-state index contributed by atoms with van der Waals surface area (Å²) < 4.78 is 10.9. The van der Waals surface area contributed by atoms with Crippen molar-refractivity contribution < 1.29 is 34.2 Å². The zero-order valence-corrected chi connectivity index (χ0v) is 18.0. The van der Waals surface area contributed by atoms with E-state index in [4.69, 9.17) is 14.7 Å². The van der Waals surface area contributed by atoms with Gasteiger partial charge in [0.2, 0.25) is 6.10 Å². The molecule has 0 saturated carbocycles. The number of nitro groups is 1. The van der Waals surface area contributed by atoms with Crippen molar-refractivity contribution in [2.75, 3.05) is 6.26 Å². The highest BCUT2D eigenvalue weighted by Crippen LogP contribution is 2.38. The molecule has 3 aromatic rings. The fourth-order valence-corrected chi connectivity index (χ4v) is 3.02. The molecule has 0 saturated heterocycles. The van der Waals surface area contributed by atoms with E-state index >= 15 is 0 Å². The number of imidazole rings is 1. The standard InChI is InChI=1S/C19H14N6O8S/c1-34-19-23-15(32-11-3-2-9(6-20)12(5-11)17(26)27)14(25(30)31)16(24-19)33-13(18(28)29)4-10-7-21-8-22-10/h2-3,5,7-8,13H,4H2,1H3,(H,21,22)(H,26,27)(H,28,29). The lowest BCUT2D eigenvalue weighted by atomic mass is 10.1. The van der Waals surface area contributed by atoms with Crippen LogP contribution in [-0.4, -0.2) is 59.4 Å². The van der Waals surface area contributed by atoms with Gasteiger partial charge in [0.15, 0.2) is 5.16 Å². The number of hydrogen-bond acceptors (Lipinski definition) is 11. The predicted octanol–water partition coefficient (Wildman–Crippen LogP) is 2.27. The van der Waals surface area contributed by atoms with Gasteiger partial charge in [-0.25, -0.2) is 14.6 Å². The van der Waals surface area contributed by atoms with Crippen LogP contribution in [0.2, 0.25) is 0 Å². The number of rotatable bonds is 10. The van der Waals surface area contributed by atoms with Gasteiger partial charge in [0.1, 0.15) is 11.8 Å². The van der Waals surface area contributed by atoms with Gasteiger partial charge in [-0.05, 0) is 24.5 Å². The lowest BCUT2D eigenvalue weighted by Gasteiger charge is -2.15. The van der Waals surface area contributed by atoms with Crippen LogP contribution in [0, 0.1) is 21.4 Å². The van der Waals surface area contributed by atoms with Crippen molar-refractivity contribution in [3.8, 4) is 23.6 Å². The third kappa shape index (κ3) is 5.37. The number of aromatic amines is 1. The number of ether oxygens (including phenoxy) is 2. The van der Waals surface area contributed by atoms with Crippen LogP contribution in [-0.2, 0) is 11.2 Å². The molecule has 0 aliphatic rings. The van der Waals surface area contributed by atoms with Crippen LogP contribution in [0.3, 0.4) is 0 Å². The first-order valence-corrected chi connectivity index (χ1v) is 10.4. The van der Waals surface area contributed by atoms with E-state index in [1.807, 2.05) is 0 Å². The van der Waals surface area contributed by atoms with Crippen LogP contribution < -0.4 is 9.47 Å². The number of carboxylic acids is 2.